The van der Waals surface area contributed by atoms with Gasteiger partial charge in [-0.25, -0.2) is 4.98 Å². The van der Waals surface area contributed by atoms with Crippen LogP contribution in [-0.2, 0) is 6.54 Å². The number of hydrogen-bond donors (Lipinski definition) is 0. The smallest absolute Gasteiger partial charge is 0.133 e. The molecule has 2 nitrogen and oxygen atoms in total. The first-order valence-corrected chi connectivity index (χ1v) is 6.49. The standard InChI is InChI=1S/C13H19ClN2/c1-2-4-11-6-8-16(9-11)10-12-5-3-7-15-13(12)14/h3,5,7,11H,2,4,6,8-10H2,1H3. The highest BCUT2D eigenvalue weighted by Gasteiger charge is 2.22. The quantitative estimate of drug-likeness (QED) is 0.748. The average molecular weight is 239 g/mol. The minimum absolute atomic E-state index is 0.654. The van der Waals surface area contributed by atoms with Gasteiger partial charge in [-0.3, -0.25) is 4.90 Å². The SMILES string of the molecule is CCCC1CCN(Cc2cccnc2Cl)C1. The molecule has 16 heavy (non-hydrogen) atoms. The van der Waals surface area contributed by atoms with E-state index in [4.69, 9.17) is 11.6 Å². The fourth-order valence-electron chi connectivity index (χ4n) is 2.48. The van der Waals surface area contributed by atoms with E-state index >= 15 is 0 Å². The van der Waals surface area contributed by atoms with Crippen molar-refractivity contribution in [3.8, 4) is 0 Å². The second kappa shape index (κ2) is 5.65. The minimum Gasteiger partial charge on any atom is -0.299 e. The van der Waals surface area contributed by atoms with Gasteiger partial charge in [0.1, 0.15) is 5.15 Å². The van der Waals surface area contributed by atoms with Gasteiger partial charge in [-0.1, -0.05) is 31.0 Å². The summed E-state index contributed by atoms with van der Waals surface area (Å²) >= 11 is 6.06. The van der Waals surface area contributed by atoms with E-state index in [1.807, 2.05) is 6.07 Å². The zero-order valence-corrected chi connectivity index (χ0v) is 10.6. The highest BCUT2D eigenvalue weighted by atomic mass is 35.5. The summed E-state index contributed by atoms with van der Waals surface area (Å²) in [5.74, 6) is 0.889. The molecular weight excluding hydrogens is 220 g/mol. The molecule has 1 atom stereocenters. The van der Waals surface area contributed by atoms with Crippen LogP contribution in [0.25, 0.3) is 0 Å². The highest BCUT2D eigenvalue weighted by Crippen LogP contribution is 2.23. The molecule has 0 saturated carbocycles. The Kier molecular flexibility index (Phi) is 4.19. The summed E-state index contributed by atoms with van der Waals surface area (Å²) < 4.78 is 0. The molecule has 1 aromatic rings. The Balaban J connectivity index is 1.90. The second-order valence-electron chi connectivity index (χ2n) is 4.63. The summed E-state index contributed by atoms with van der Waals surface area (Å²) in [6, 6.07) is 4.03. The van der Waals surface area contributed by atoms with Crippen molar-refractivity contribution in [2.24, 2.45) is 5.92 Å². The molecule has 2 rings (SSSR count). The van der Waals surface area contributed by atoms with E-state index in [2.05, 4.69) is 22.9 Å². The maximum atomic E-state index is 6.06. The van der Waals surface area contributed by atoms with Gasteiger partial charge in [0, 0.05) is 24.8 Å². The van der Waals surface area contributed by atoms with Gasteiger partial charge in [0.15, 0.2) is 0 Å². The molecule has 0 spiro atoms. The van der Waals surface area contributed by atoms with Gasteiger partial charge in [-0.2, -0.15) is 0 Å². The molecule has 1 aliphatic rings. The van der Waals surface area contributed by atoms with Crippen LogP contribution in [0.5, 0.6) is 0 Å². The van der Waals surface area contributed by atoms with Crippen LogP contribution >= 0.6 is 11.6 Å². The normalized spacial score (nSPS) is 21.5. The fraction of sp³-hybridized carbons (Fsp3) is 0.615. The molecule has 0 radical (unpaired) electrons. The first-order valence-electron chi connectivity index (χ1n) is 6.11. The molecule has 0 N–H and O–H groups in total. The Hall–Kier alpha value is -0.600. The lowest BCUT2D eigenvalue weighted by Gasteiger charge is -2.16. The molecule has 1 unspecified atom stereocenters. The topological polar surface area (TPSA) is 16.1 Å². The zero-order chi connectivity index (χ0) is 11.4. The predicted octanol–water partition coefficient (Wildman–Crippen LogP) is 3.36. The van der Waals surface area contributed by atoms with Crippen LogP contribution in [0, 0.1) is 5.92 Å². The summed E-state index contributed by atoms with van der Waals surface area (Å²) in [6.07, 6.45) is 5.74. The third kappa shape index (κ3) is 2.96. The van der Waals surface area contributed by atoms with Crippen molar-refractivity contribution in [2.75, 3.05) is 13.1 Å². The number of halogens is 1. The van der Waals surface area contributed by atoms with Crippen molar-refractivity contribution in [1.82, 2.24) is 9.88 Å². The third-order valence-electron chi connectivity index (χ3n) is 3.30. The van der Waals surface area contributed by atoms with Crippen LogP contribution in [0.1, 0.15) is 31.7 Å². The van der Waals surface area contributed by atoms with Gasteiger partial charge in [0.2, 0.25) is 0 Å². The van der Waals surface area contributed by atoms with E-state index in [9.17, 15) is 0 Å². The molecule has 0 aliphatic carbocycles. The maximum absolute atomic E-state index is 6.06. The van der Waals surface area contributed by atoms with Gasteiger partial charge >= 0.3 is 0 Å². The average Bonchev–Trinajstić information content (AvgIpc) is 2.70. The van der Waals surface area contributed by atoms with Gasteiger partial charge in [-0.05, 0) is 31.4 Å². The van der Waals surface area contributed by atoms with Crippen molar-refractivity contribution < 1.29 is 0 Å². The summed E-state index contributed by atoms with van der Waals surface area (Å²) in [7, 11) is 0. The lowest BCUT2D eigenvalue weighted by Crippen LogP contribution is -2.20. The van der Waals surface area contributed by atoms with E-state index in [0.29, 0.717) is 5.15 Å². The van der Waals surface area contributed by atoms with Crippen LogP contribution in [0.3, 0.4) is 0 Å². The van der Waals surface area contributed by atoms with Crippen molar-refractivity contribution >= 4 is 11.6 Å². The lowest BCUT2D eigenvalue weighted by atomic mass is 10.0. The molecule has 0 bridgehead atoms. The van der Waals surface area contributed by atoms with E-state index in [0.717, 1.165) is 18.0 Å². The Morgan fingerprint density at radius 2 is 2.44 bits per heavy atom. The number of likely N-dealkylation sites (tertiary alicyclic amines) is 1. The number of rotatable bonds is 4. The molecule has 0 aromatic carbocycles. The molecule has 2 heterocycles. The van der Waals surface area contributed by atoms with Gasteiger partial charge in [-0.15, -0.1) is 0 Å². The first kappa shape index (κ1) is 11.9. The summed E-state index contributed by atoms with van der Waals surface area (Å²) in [5.41, 5.74) is 1.15. The number of nitrogens with zero attached hydrogens (tertiary/aromatic N) is 2. The van der Waals surface area contributed by atoms with Gasteiger partial charge < -0.3 is 0 Å². The van der Waals surface area contributed by atoms with Gasteiger partial charge in [0.05, 0.1) is 0 Å². The monoisotopic (exact) mass is 238 g/mol. The minimum atomic E-state index is 0.654. The second-order valence-corrected chi connectivity index (χ2v) is 4.99. The Morgan fingerprint density at radius 3 is 3.19 bits per heavy atom. The Morgan fingerprint density at radius 1 is 1.56 bits per heavy atom. The van der Waals surface area contributed by atoms with Crippen LogP contribution in [0.15, 0.2) is 18.3 Å². The number of pyridine rings is 1. The molecular formula is C13H19ClN2. The summed E-state index contributed by atoms with van der Waals surface area (Å²) in [5, 5.41) is 0.654. The molecule has 1 saturated heterocycles. The molecule has 0 amide bonds. The third-order valence-corrected chi connectivity index (χ3v) is 3.64. The molecule has 1 aliphatic heterocycles. The molecule has 3 heteroatoms. The van der Waals surface area contributed by atoms with E-state index < -0.39 is 0 Å². The molecule has 88 valence electrons. The molecule has 1 fully saturated rings. The van der Waals surface area contributed by atoms with E-state index in [1.165, 1.54) is 32.4 Å². The summed E-state index contributed by atoms with van der Waals surface area (Å²) in [4.78, 5) is 6.60. The lowest BCUT2D eigenvalue weighted by molar-refractivity contribution is 0.312. The predicted molar refractivity (Wildman–Crippen MR) is 67.5 cm³/mol. The van der Waals surface area contributed by atoms with Crippen molar-refractivity contribution in [3.05, 3.63) is 29.0 Å². The van der Waals surface area contributed by atoms with E-state index in [-0.39, 0.29) is 0 Å². The van der Waals surface area contributed by atoms with Crippen LogP contribution in [0.4, 0.5) is 0 Å². The van der Waals surface area contributed by atoms with Gasteiger partial charge in [0.25, 0.3) is 0 Å². The zero-order valence-electron chi connectivity index (χ0n) is 9.82. The van der Waals surface area contributed by atoms with Crippen molar-refractivity contribution in [2.45, 2.75) is 32.7 Å². The number of hydrogen-bond acceptors (Lipinski definition) is 2. The van der Waals surface area contributed by atoms with Crippen molar-refractivity contribution in [3.63, 3.8) is 0 Å². The van der Waals surface area contributed by atoms with Crippen LogP contribution in [-0.4, -0.2) is 23.0 Å². The van der Waals surface area contributed by atoms with Crippen LogP contribution < -0.4 is 0 Å². The van der Waals surface area contributed by atoms with E-state index in [1.54, 1.807) is 6.20 Å². The summed E-state index contributed by atoms with van der Waals surface area (Å²) in [6.45, 7) is 5.64. The van der Waals surface area contributed by atoms with Crippen LogP contribution in [0.2, 0.25) is 5.15 Å². The fourth-order valence-corrected chi connectivity index (χ4v) is 2.66. The Bertz CT molecular complexity index is 340. The largest absolute Gasteiger partial charge is 0.299 e. The highest BCUT2D eigenvalue weighted by molar-refractivity contribution is 6.30. The van der Waals surface area contributed by atoms with Crippen molar-refractivity contribution in [1.29, 1.82) is 0 Å². The maximum Gasteiger partial charge on any atom is 0.133 e. The first-order chi connectivity index (χ1) is 7.79. The molecule has 1 aromatic heterocycles. The Labute approximate surface area is 103 Å². The number of aromatic nitrogens is 1.